The summed E-state index contributed by atoms with van der Waals surface area (Å²) in [7, 11) is -0.438. The van der Waals surface area contributed by atoms with Crippen molar-refractivity contribution < 1.29 is 18.4 Å². The molecule has 4 nitrogen and oxygen atoms in total. The second-order valence-corrected chi connectivity index (χ2v) is 6.38. The van der Waals surface area contributed by atoms with E-state index in [1.807, 2.05) is 27.7 Å². The van der Waals surface area contributed by atoms with Crippen molar-refractivity contribution in [2.45, 2.75) is 51.3 Å². The predicted molar refractivity (Wildman–Crippen MR) is 80.6 cm³/mol. The lowest BCUT2D eigenvalue weighted by Gasteiger charge is -2.32. The summed E-state index contributed by atoms with van der Waals surface area (Å²) < 4.78 is 30.1. The topological polar surface area (TPSA) is 53.7 Å². The summed E-state index contributed by atoms with van der Waals surface area (Å²) >= 11 is 0. The maximum Gasteiger partial charge on any atom is 0.475 e. The Morgan fingerprint density at radius 1 is 1.14 bits per heavy atom. The summed E-state index contributed by atoms with van der Waals surface area (Å²) in [6.07, 6.45) is 0.591. The third kappa shape index (κ3) is 3.76. The van der Waals surface area contributed by atoms with E-state index in [4.69, 9.17) is 19.8 Å². The van der Waals surface area contributed by atoms with E-state index in [0.29, 0.717) is 18.8 Å². The van der Waals surface area contributed by atoms with Gasteiger partial charge < -0.3 is 19.8 Å². The molecule has 0 aromatic heterocycles. The third-order valence-electron chi connectivity index (χ3n) is 4.15. The number of hydrogen-bond acceptors (Lipinski definition) is 4. The van der Waals surface area contributed by atoms with Gasteiger partial charge in [-0.05, 0) is 58.4 Å². The number of nitrogens with two attached hydrogens (primary N) is 1. The van der Waals surface area contributed by atoms with Gasteiger partial charge in [-0.1, -0.05) is 0 Å². The Kier molecular flexibility index (Phi) is 4.61. The van der Waals surface area contributed by atoms with Crippen LogP contribution in [-0.4, -0.2) is 30.9 Å². The molecule has 1 atom stereocenters. The Morgan fingerprint density at radius 3 is 2.19 bits per heavy atom. The Balaban J connectivity index is 1.80. The lowest BCUT2D eigenvalue weighted by molar-refractivity contribution is 0.00578. The molecule has 116 valence electrons. The second-order valence-electron chi connectivity index (χ2n) is 6.38. The highest BCUT2D eigenvalue weighted by molar-refractivity contribution is 6.47. The van der Waals surface area contributed by atoms with Crippen LogP contribution in [0.1, 0.15) is 34.1 Å². The lowest BCUT2D eigenvalue weighted by atomic mass is 9.77. The summed E-state index contributed by atoms with van der Waals surface area (Å²) in [6, 6.07) is 5.91. The van der Waals surface area contributed by atoms with Crippen molar-refractivity contribution in [2.75, 3.05) is 6.61 Å². The summed E-state index contributed by atoms with van der Waals surface area (Å²) in [6.45, 7) is 8.41. The van der Waals surface area contributed by atoms with E-state index in [9.17, 15) is 4.39 Å². The average molecular weight is 295 g/mol. The van der Waals surface area contributed by atoms with E-state index >= 15 is 0 Å². The highest BCUT2D eigenvalue weighted by Gasteiger charge is 2.52. The minimum Gasteiger partial charge on any atom is -0.494 e. The van der Waals surface area contributed by atoms with Crippen LogP contribution in [0, 0.1) is 5.82 Å². The molecule has 1 unspecified atom stereocenters. The van der Waals surface area contributed by atoms with Crippen molar-refractivity contribution in [3.63, 3.8) is 0 Å². The zero-order valence-electron chi connectivity index (χ0n) is 13.1. The molecule has 0 bridgehead atoms. The Hall–Kier alpha value is -1.11. The number of benzene rings is 1. The van der Waals surface area contributed by atoms with Gasteiger partial charge in [-0.2, -0.15) is 0 Å². The fraction of sp³-hybridized carbons (Fsp3) is 0.600. The van der Waals surface area contributed by atoms with E-state index in [-0.39, 0.29) is 23.0 Å². The summed E-state index contributed by atoms with van der Waals surface area (Å²) in [5, 5.41) is 0. The highest BCUT2D eigenvalue weighted by Crippen LogP contribution is 2.37. The van der Waals surface area contributed by atoms with Gasteiger partial charge in [0, 0.05) is 5.94 Å². The van der Waals surface area contributed by atoms with Crippen LogP contribution in [0.5, 0.6) is 5.75 Å². The number of halogens is 1. The first kappa shape index (κ1) is 16.3. The van der Waals surface area contributed by atoms with Gasteiger partial charge in [0.2, 0.25) is 0 Å². The zero-order chi connectivity index (χ0) is 15.7. The quantitative estimate of drug-likeness (QED) is 0.848. The van der Waals surface area contributed by atoms with Gasteiger partial charge in [-0.3, -0.25) is 0 Å². The lowest BCUT2D eigenvalue weighted by Crippen LogP contribution is -2.42. The fourth-order valence-electron chi connectivity index (χ4n) is 2.04. The van der Waals surface area contributed by atoms with E-state index in [1.165, 1.54) is 12.1 Å². The van der Waals surface area contributed by atoms with Gasteiger partial charge in [0.15, 0.2) is 0 Å². The van der Waals surface area contributed by atoms with Crippen LogP contribution in [0.15, 0.2) is 24.3 Å². The van der Waals surface area contributed by atoms with E-state index in [0.717, 1.165) is 0 Å². The molecule has 2 rings (SSSR count). The van der Waals surface area contributed by atoms with Crippen LogP contribution in [0.25, 0.3) is 0 Å². The molecule has 0 radical (unpaired) electrons. The van der Waals surface area contributed by atoms with Crippen molar-refractivity contribution in [3.8, 4) is 5.75 Å². The smallest absolute Gasteiger partial charge is 0.475 e. The zero-order valence-corrected chi connectivity index (χ0v) is 13.1. The molecular formula is C15H23BFNO3. The number of ether oxygens (including phenoxy) is 1. The molecule has 1 aliphatic rings. The standard InChI is InChI=1S/C15H23BFNO3/c1-14(2)15(3,4)21-16(20-14)13(18)9-10-19-12-7-5-11(17)6-8-12/h5-8,13H,9-10,18H2,1-4H3. The maximum atomic E-state index is 12.8. The van der Waals surface area contributed by atoms with Gasteiger partial charge in [0.25, 0.3) is 0 Å². The Labute approximate surface area is 125 Å². The van der Waals surface area contributed by atoms with Crippen LogP contribution in [0.4, 0.5) is 4.39 Å². The monoisotopic (exact) mass is 295 g/mol. The minimum atomic E-state index is -0.438. The molecule has 1 saturated heterocycles. The van der Waals surface area contributed by atoms with Crippen LogP contribution in [0.3, 0.4) is 0 Å². The molecule has 0 aliphatic carbocycles. The van der Waals surface area contributed by atoms with E-state index in [1.54, 1.807) is 12.1 Å². The molecular weight excluding hydrogens is 272 g/mol. The van der Waals surface area contributed by atoms with Crippen molar-refractivity contribution in [1.29, 1.82) is 0 Å². The Bertz CT molecular complexity index is 462. The first-order chi connectivity index (χ1) is 9.71. The predicted octanol–water partition coefficient (Wildman–Crippen LogP) is 2.55. The molecule has 1 aliphatic heterocycles. The van der Waals surface area contributed by atoms with E-state index in [2.05, 4.69) is 0 Å². The largest absolute Gasteiger partial charge is 0.494 e. The molecule has 1 heterocycles. The first-order valence-electron chi connectivity index (χ1n) is 7.21. The van der Waals surface area contributed by atoms with Crippen molar-refractivity contribution in [1.82, 2.24) is 0 Å². The second kappa shape index (κ2) is 5.95. The van der Waals surface area contributed by atoms with Crippen LogP contribution < -0.4 is 10.5 Å². The van der Waals surface area contributed by atoms with E-state index < -0.39 is 7.12 Å². The summed E-state index contributed by atoms with van der Waals surface area (Å²) in [5.41, 5.74) is 5.36. The molecule has 2 N–H and O–H groups in total. The van der Waals surface area contributed by atoms with Gasteiger partial charge >= 0.3 is 7.12 Å². The van der Waals surface area contributed by atoms with Crippen LogP contribution in [-0.2, 0) is 9.31 Å². The van der Waals surface area contributed by atoms with Crippen LogP contribution in [0.2, 0.25) is 0 Å². The molecule has 1 fully saturated rings. The molecule has 6 heteroatoms. The summed E-state index contributed by atoms with van der Waals surface area (Å²) in [4.78, 5) is 0. The highest BCUT2D eigenvalue weighted by atomic mass is 19.1. The molecule has 0 saturated carbocycles. The molecule has 1 aromatic carbocycles. The van der Waals surface area contributed by atoms with Crippen LogP contribution >= 0.6 is 0 Å². The molecule has 0 spiro atoms. The fourth-order valence-corrected chi connectivity index (χ4v) is 2.04. The average Bonchev–Trinajstić information content (AvgIpc) is 2.61. The SMILES string of the molecule is CC1(C)OB(C(N)CCOc2ccc(F)cc2)OC1(C)C. The van der Waals surface area contributed by atoms with Crippen molar-refractivity contribution >= 4 is 7.12 Å². The summed E-state index contributed by atoms with van der Waals surface area (Å²) in [5.74, 6) is 0.0697. The maximum absolute atomic E-state index is 12.8. The molecule has 1 aromatic rings. The third-order valence-corrected chi connectivity index (χ3v) is 4.15. The van der Waals surface area contributed by atoms with Gasteiger partial charge in [0.05, 0.1) is 17.8 Å². The van der Waals surface area contributed by atoms with Gasteiger partial charge in [-0.15, -0.1) is 0 Å². The normalized spacial score (nSPS) is 21.3. The number of hydrogen-bond donors (Lipinski definition) is 1. The minimum absolute atomic E-state index is 0.272. The Morgan fingerprint density at radius 2 is 1.67 bits per heavy atom. The van der Waals surface area contributed by atoms with Crippen molar-refractivity contribution in [3.05, 3.63) is 30.1 Å². The van der Waals surface area contributed by atoms with Crippen molar-refractivity contribution in [2.24, 2.45) is 5.73 Å². The van der Waals surface area contributed by atoms with Gasteiger partial charge in [-0.25, -0.2) is 4.39 Å². The number of rotatable bonds is 5. The molecule has 21 heavy (non-hydrogen) atoms. The first-order valence-corrected chi connectivity index (χ1v) is 7.21. The van der Waals surface area contributed by atoms with Gasteiger partial charge in [0.1, 0.15) is 11.6 Å². The molecule has 0 amide bonds.